The number of carbonyl (C=O) groups excluding carboxylic acids is 1. The molecule has 1 aromatic carbocycles. The van der Waals surface area contributed by atoms with Gasteiger partial charge in [0.1, 0.15) is 5.60 Å². The predicted octanol–water partition coefficient (Wildman–Crippen LogP) is 2.86. The van der Waals surface area contributed by atoms with E-state index in [9.17, 15) is 4.79 Å². The molecule has 2 fully saturated rings. The van der Waals surface area contributed by atoms with Gasteiger partial charge < -0.3 is 4.74 Å². The van der Waals surface area contributed by atoms with E-state index in [4.69, 9.17) is 4.74 Å². The standard InChI is InChI=1S/C14H16O2/c1-9-5-10(2)7-12(6-9)14-4-3-11(8-14)13(15)16-14/h5-7,11H,3-4,8H2,1-2H3/t11-,14+/m0/s1. The molecule has 1 aliphatic heterocycles. The number of hydrogen-bond acceptors (Lipinski definition) is 2. The Bertz CT molecular complexity index is 444. The maximum atomic E-state index is 11.6. The van der Waals surface area contributed by atoms with E-state index >= 15 is 0 Å². The Morgan fingerprint density at radius 2 is 1.94 bits per heavy atom. The molecule has 1 aromatic rings. The van der Waals surface area contributed by atoms with E-state index in [-0.39, 0.29) is 17.5 Å². The lowest BCUT2D eigenvalue weighted by Gasteiger charge is -2.27. The van der Waals surface area contributed by atoms with Gasteiger partial charge in [-0.2, -0.15) is 0 Å². The van der Waals surface area contributed by atoms with E-state index < -0.39 is 0 Å². The van der Waals surface area contributed by atoms with Gasteiger partial charge in [-0.15, -0.1) is 0 Å². The molecule has 2 aliphatic rings. The lowest BCUT2D eigenvalue weighted by atomic mass is 9.90. The molecule has 0 unspecified atom stereocenters. The van der Waals surface area contributed by atoms with Crippen molar-refractivity contribution in [3.8, 4) is 0 Å². The molecule has 1 aliphatic carbocycles. The zero-order valence-electron chi connectivity index (χ0n) is 9.75. The summed E-state index contributed by atoms with van der Waals surface area (Å²) in [5.41, 5.74) is 3.39. The van der Waals surface area contributed by atoms with Crippen molar-refractivity contribution in [3.05, 3.63) is 34.9 Å². The highest BCUT2D eigenvalue weighted by Crippen LogP contribution is 2.51. The van der Waals surface area contributed by atoms with Gasteiger partial charge in [0.05, 0.1) is 5.92 Å². The average Bonchev–Trinajstić information content (AvgIpc) is 2.74. The normalized spacial score (nSPS) is 31.9. The van der Waals surface area contributed by atoms with E-state index in [1.54, 1.807) is 0 Å². The summed E-state index contributed by atoms with van der Waals surface area (Å²) < 4.78 is 5.60. The summed E-state index contributed by atoms with van der Waals surface area (Å²) in [4.78, 5) is 11.6. The number of benzene rings is 1. The summed E-state index contributed by atoms with van der Waals surface area (Å²) in [6.07, 6.45) is 2.87. The van der Waals surface area contributed by atoms with Crippen molar-refractivity contribution in [2.24, 2.45) is 5.92 Å². The third-order valence-corrected chi connectivity index (χ3v) is 3.85. The van der Waals surface area contributed by atoms with Crippen molar-refractivity contribution in [1.29, 1.82) is 0 Å². The Morgan fingerprint density at radius 3 is 2.44 bits per heavy atom. The number of esters is 1. The number of fused-ring (bicyclic) bond motifs is 2. The molecule has 0 radical (unpaired) electrons. The first kappa shape index (κ1) is 9.88. The maximum absolute atomic E-state index is 11.6. The molecule has 0 spiro atoms. The van der Waals surface area contributed by atoms with Crippen molar-refractivity contribution in [3.63, 3.8) is 0 Å². The van der Waals surface area contributed by atoms with Gasteiger partial charge in [-0.05, 0) is 32.3 Å². The second-order valence-corrected chi connectivity index (χ2v) is 5.23. The molecule has 0 amide bonds. The Kier molecular flexibility index (Phi) is 1.91. The van der Waals surface area contributed by atoms with Gasteiger partial charge in [-0.3, -0.25) is 4.79 Å². The summed E-state index contributed by atoms with van der Waals surface area (Å²) >= 11 is 0. The minimum atomic E-state index is -0.293. The molecular weight excluding hydrogens is 200 g/mol. The van der Waals surface area contributed by atoms with Crippen LogP contribution in [0.15, 0.2) is 18.2 Å². The Labute approximate surface area is 95.6 Å². The van der Waals surface area contributed by atoms with Crippen LogP contribution in [0.1, 0.15) is 36.0 Å². The predicted molar refractivity (Wildman–Crippen MR) is 61.0 cm³/mol. The van der Waals surface area contributed by atoms with E-state index in [2.05, 4.69) is 32.0 Å². The molecule has 0 N–H and O–H groups in total. The minimum absolute atomic E-state index is 0.00501. The monoisotopic (exact) mass is 216 g/mol. The van der Waals surface area contributed by atoms with Crippen molar-refractivity contribution >= 4 is 5.97 Å². The fraction of sp³-hybridized carbons (Fsp3) is 0.500. The van der Waals surface area contributed by atoms with Gasteiger partial charge >= 0.3 is 5.97 Å². The maximum Gasteiger partial charge on any atom is 0.309 e. The van der Waals surface area contributed by atoms with Crippen LogP contribution in [-0.2, 0) is 15.1 Å². The van der Waals surface area contributed by atoms with Crippen molar-refractivity contribution < 1.29 is 9.53 Å². The third-order valence-electron chi connectivity index (χ3n) is 3.85. The summed E-state index contributed by atoms with van der Waals surface area (Å²) in [7, 11) is 0. The Hall–Kier alpha value is -1.31. The largest absolute Gasteiger partial charge is 0.454 e. The van der Waals surface area contributed by atoms with E-state index in [0.29, 0.717) is 0 Å². The van der Waals surface area contributed by atoms with Gasteiger partial charge in [-0.25, -0.2) is 0 Å². The zero-order valence-corrected chi connectivity index (χ0v) is 9.75. The second-order valence-electron chi connectivity index (χ2n) is 5.23. The summed E-state index contributed by atoms with van der Waals surface area (Å²) in [6, 6.07) is 6.48. The van der Waals surface area contributed by atoms with Gasteiger partial charge in [0.25, 0.3) is 0 Å². The Balaban J connectivity index is 2.06. The molecule has 0 aromatic heterocycles. The highest BCUT2D eigenvalue weighted by molar-refractivity contribution is 5.77. The van der Waals surface area contributed by atoms with Crippen LogP contribution in [0.5, 0.6) is 0 Å². The molecule has 1 heterocycles. The van der Waals surface area contributed by atoms with Crippen LogP contribution < -0.4 is 0 Å². The number of carbonyl (C=O) groups is 1. The Morgan fingerprint density at radius 1 is 1.25 bits per heavy atom. The fourth-order valence-electron chi connectivity index (χ4n) is 3.14. The highest BCUT2D eigenvalue weighted by atomic mass is 16.6. The minimum Gasteiger partial charge on any atom is -0.454 e. The van der Waals surface area contributed by atoms with Crippen LogP contribution in [0.3, 0.4) is 0 Å². The van der Waals surface area contributed by atoms with Crippen LogP contribution in [-0.4, -0.2) is 5.97 Å². The number of rotatable bonds is 1. The molecule has 16 heavy (non-hydrogen) atoms. The van der Waals surface area contributed by atoms with Crippen LogP contribution in [0.25, 0.3) is 0 Å². The SMILES string of the molecule is Cc1cc(C)cc([C@@]23CC[C@@H](C2)C(=O)O3)c1. The summed E-state index contributed by atoms with van der Waals surface area (Å²) in [5, 5.41) is 0. The van der Waals surface area contributed by atoms with E-state index in [1.807, 2.05) is 0 Å². The van der Waals surface area contributed by atoms with Crippen LogP contribution in [0.4, 0.5) is 0 Å². The summed E-state index contributed by atoms with van der Waals surface area (Å²) in [5.74, 6) is 0.159. The number of aryl methyl sites for hydroxylation is 2. The zero-order chi connectivity index (χ0) is 11.3. The molecular formula is C14H16O2. The van der Waals surface area contributed by atoms with Gasteiger partial charge in [0, 0.05) is 6.42 Å². The molecule has 2 atom stereocenters. The smallest absolute Gasteiger partial charge is 0.309 e. The van der Waals surface area contributed by atoms with Crippen LogP contribution in [0.2, 0.25) is 0 Å². The van der Waals surface area contributed by atoms with Crippen molar-refractivity contribution in [1.82, 2.24) is 0 Å². The topological polar surface area (TPSA) is 26.3 Å². The lowest BCUT2D eigenvalue weighted by Crippen LogP contribution is -2.26. The van der Waals surface area contributed by atoms with E-state index in [0.717, 1.165) is 19.3 Å². The highest BCUT2D eigenvalue weighted by Gasteiger charge is 2.53. The van der Waals surface area contributed by atoms with E-state index in [1.165, 1.54) is 16.7 Å². The van der Waals surface area contributed by atoms with Gasteiger partial charge in [-0.1, -0.05) is 29.3 Å². The summed E-state index contributed by atoms with van der Waals surface area (Å²) in [6.45, 7) is 4.19. The second kappa shape index (κ2) is 3.09. The first-order valence-corrected chi connectivity index (χ1v) is 5.91. The van der Waals surface area contributed by atoms with Gasteiger partial charge in [0.2, 0.25) is 0 Å². The first-order chi connectivity index (χ1) is 7.59. The molecule has 2 heteroatoms. The van der Waals surface area contributed by atoms with Crippen molar-refractivity contribution in [2.45, 2.75) is 38.7 Å². The van der Waals surface area contributed by atoms with Crippen molar-refractivity contribution in [2.75, 3.05) is 0 Å². The molecule has 1 saturated heterocycles. The third kappa shape index (κ3) is 1.29. The first-order valence-electron chi connectivity index (χ1n) is 5.91. The molecule has 2 nitrogen and oxygen atoms in total. The molecule has 1 saturated carbocycles. The van der Waals surface area contributed by atoms with Gasteiger partial charge in [0.15, 0.2) is 0 Å². The van der Waals surface area contributed by atoms with Crippen LogP contribution >= 0.6 is 0 Å². The number of hydrogen-bond donors (Lipinski definition) is 0. The lowest BCUT2D eigenvalue weighted by molar-refractivity contribution is -0.156. The average molecular weight is 216 g/mol. The molecule has 3 rings (SSSR count). The number of ether oxygens (including phenoxy) is 1. The van der Waals surface area contributed by atoms with Crippen LogP contribution in [0, 0.1) is 19.8 Å². The fourth-order valence-corrected chi connectivity index (χ4v) is 3.14. The molecule has 2 bridgehead atoms. The molecule has 84 valence electrons. The quantitative estimate of drug-likeness (QED) is 0.675.